The lowest BCUT2D eigenvalue weighted by Crippen LogP contribution is -2.08. The number of nitrogens with one attached hydrogen (secondary N) is 1. The van der Waals surface area contributed by atoms with Crippen LogP contribution in [0.15, 0.2) is 48.5 Å². The van der Waals surface area contributed by atoms with Crippen LogP contribution in [-0.2, 0) is 6.54 Å². The molecule has 3 nitrogen and oxygen atoms in total. The fourth-order valence-electron chi connectivity index (χ4n) is 2.08. The van der Waals surface area contributed by atoms with Crippen molar-refractivity contribution in [2.45, 2.75) is 26.5 Å². The van der Waals surface area contributed by atoms with Gasteiger partial charge >= 0.3 is 0 Å². The van der Waals surface area contributed by atoms with Crippen LogP contribution in [-0.4, -0.2) is 20.2 Å². The van der Waals surface area contributed by atoms with Gasteiger partial charge in [-0.2, -0.15) is 0 Å². The lowest BCUT2D eigenvalue weighted by atomic mass is 10.2. The van der Waals surface area contributed by atoms with Crippen molar-refractivity contribution in [2.75, 3.05) is 24.3 Å². The van der Waals surface area contributed by atoms with Gasteiger partial charge in [0.15, 0.2) is 0 Å². The maximum absolute atomic E-state index is 5.72. The highest BCUT2D eigenvalue weighted by atomic mass is 16.5. The lowest BCUT2D eigenvalue weighted by molar-refractivity contribution is 0.242. The Balaban J connectivity index is 1.96. The molecule has 1 N–H and O–H groups in total. The molecule has 0 saturated carbocycles. The molecule has 3 heteroatoms. The minimum Gasteiger partial charge on any atom is -0.491 e. The third-order valence-corrected chi connectivity index (χ3v) is 3.15. The maximum atomic E-state index is 5.72. The summed E-state index contributed by atoms with van der Waals surface area (Å²) in [6.45, 7) is 4.87. The van der Waals surface area contributed by atoms with Gasteiger partial charge in [-0.25, -0.2) is 0 Å². The second kappa shape index (κ2) is 7.02. The highest BCUT2D eigenvalue weighted by Gasteiger charge is 2.00. The fourth-order valence-corrected chi connectivity index (χ4v) is 2.08. The minimum absolute atomic E-state index is 0.201. The van der Waals surface area contributed by atoms with E-state index in [0.717, 1.165) is 18.0 Å². The molecule has 0 aromatic heterocycles. The SMILES string of the molecule is CC(C)Oc1cccc(CNc2ccc(N(C)C)cc2)c1. The number of benzene rings is 2. The summed E-state index contributed by atoms with van der Waals surface area (Å²) in [5.41, 5.74) is 3.54. The zero-order valence-corrected chi connectivity index (χ0v) is 13.3. The summed E-state index contributed by atoms with van der Waals surface area (Å²) >= 11 is 0. The molecule has 0 radical (unpaired) electrons. The molecule has 0 aliphatic heterocycles. The van der Waals surface area contributed by atoms with Gasteiger partial charge < -0.3 is 15.0 Å². The Labute approximate surface area is 127 Å². The molecule has 0 atom stereocenters. The summed E-state index contributed by atoms with van der Waals surface area (Å²) in [7, 11) is 4.09. The maximum Gasteiger partial charge on any atom is 0.120 e. The summed E-state index contributed by atoms with van der Waals surface area (Å²) in [4.78, 5) is 2.09. The standard InChI is InChI=1S/C18H24N2O/c1-14(2)21-18-7-5-6-15(12-18)13-19-16-8-10-17(11-9-16)20(3)4/h5-12,14,19H,13H2,1-4H3. The second-order valence-electron chi connectivity index (χ2n) is 5.61. The Kier molecular flexibility index (Phi) is 5.09. The third kappa shape index (κ3) is 4.71. The minimum atomic E-state index is 0.201. The van der Waals surface area contributed by atoms with E-state index in [1.165, 1.54) is 11.3 Å². The van der Waals surface area contributed by atoms with Crippen molar-refractivity contribution in [2.24, 2.45) is 0 Å². The Hall–Kier alpha value is -2.16. The van der Waals surface area contributed by atoms with E-state index in [1.807, 2.05) is 40.1 Å². The molecule has 112 valence electrons. The lowest BCUT2D eigenvalue weighted by Gasteiger charge is -2.14. The summed E-state index contributed by atoms with van der Waals surface area (Å²) in [6, 6.07) is 16.6. The third-order valence-electron chi connectivity index (χ3n) is 3.15. The first kappa shape index (κ1) is 15.2. The predicted molar refractivity (Wildman–Crippen MR) is 90.3 cm³/mol. The van der Waals surface area contributed by atoms with Crippen LogP contribution in [0.2, 0.25) is 0 Å². The van der Waals surface area contributed by atoms with E-state index in [4.69, 9.17) is 4.74 Å². The van der Waals surface area contributed by atoms with Crippen molar-refractivity contribution in [1.82, 2.24) is 0 Å². The quantitative estimate of drug-likeness (QED) is 0.862. The van der Waals surface area contributed by atoms with E-state index in [9.17, 15) is 0 Å². The normalized spacial score (nSPS) is 10.5. The molecule has 0 bridgehead atoms. The van der Waals surface area contributed by atoms with Crippen LogP contribution in [0.5, 0.6) is 5.75 Å². The number of hydrogen-bond acceptors (Lipinski definition) is 3. The van der Waals surface area contributed by atoms with Gasteiger partial charge in [-0.1, -0.05) is 12.1 Å². The van der Waals surface area contributed by atoms with Gasteiger partial charge in [0.1, 0.15) is 5.75 Å². The first-order valence-corrected chi connectivity index (χ1v) is 7.31. The van der Waals surface area contributed by atoms with Crippen LogP contribution in [0, 0.1) is 0 Å². The van der Waals surface area contributed by atoms with Crippen molar-refractivity contribution in [1.29, 1.82) is 0 Å². The van der Waals surface area contributed by atoms with E-state index >= 15 is 0 Å². The van der Waals surface area contributed by atoms with Gasteiger partial charge in [0.2, 0.25) is 0 Å². The molecule has 0 saturated heterocycles. The van der Waals surface area contributed by atoms with Crippen LogP contribution in [0.1, 0.15) is 19.4 Å². The van der Waals surface area contributed by atoms with E-state index in [-0.39, 0.29) is 6.10 Å². The predicted octanol–water partition coefficient (Wildman–Crippen LogP) is 4.15. The first-order chi connectivity index (χ1) is 10.0. The molecule has 0 amide bonds. The van der Waals surface area contributed by atoms with Gasteiger partial charge in [-0.15, -0.1) is 0 Å². The Morgan fingerprint density at radius 3 is 2.38 bits per heavy atom. The molecule has 0 aliphatic carbocycles. The molecule has 2 aromatic carbocycles. The molecule has 0 heterocycles. The number of hydrogen-bond donors (Lipinski definition) is 1. The molecule has 0 unspecified atom stereocenters. The van der Waals surface area contributed by atoms with Crippen molar-refractivity contribution in [3.8, 4) is 5.75 Å². The first-order valence-electron chi connectivity index (χ1n) is 7.31. The van der Waals surface area contributed by atoms with Gasteiger partial charge in [0.25, 0.3) is 0 Å². The van der Waals surface area contributed by atoms with E-state index in [2.05, 4.69) is 46.6 Å². The average Bonchev–Trinajstić information content (AvgIpc) is 2.45. The van der Waals surface area contributed by atoms with Crippen LogP contribution in [0.3, 0.4) is 0 Å². The van der Waals surface area contributed by atoms with Gasteiger partial charge in [-0.3, -0.25) is 0 Å². The van der Waals surface area contributed by atoms with Crippen molar-refractivity contribution in [3.05, 3.63) is 54.1 Å². The number of ether oxygens (including phenoxy) is 1. The van der Waals surface area contributed by atoms with Crippen LogP contribution < -0.4 is 15.0 Å². The van der Waals surface area contributed by atoms with E-state index < -0.39 is 0 Å². The molecule has 0 fully saturated rings. The number of rotatable bonds is 6. The van der Waals surface area contributed by atoms with Crippen LogP contribution in [0.4, 0.5) is 11.4 Å². The molecule has 2 aromatic rings. The monoisotopic (exact) mass is 284 g/mol. The number of anilines is 2. The molecule has 21 heavy (non-hydrogen) atoms. The van der Waals surface area contributed by atoms with Crippen LogP contribution in [0.25, 0.3) is 0 Å². The zero-order valence-electron chi connectivity index (χ0n) is 13.3. The topological polar surface area (TPSA) is 24.5 Å². The van der Waals surface area contributed by atoms with Gasteiger partial charge in [-0.05, 0) is 55.8 Å². The molecule has 0 spiro atoms. The fraction of sp³-hybridized carbons (Fsp3) is 0.333. The van der Waals surface area contributed by atoms with E-state index in [1.54, 1.807) is 0 Å². The molecule has 2 rings (SSSR count). The Bertz CT molecular complexity index is 562. The summed E-state index contributed by atoms with van der Waals surface area (Å²) in [5, 5.41) is 3.43. The highest BCUT2D eigenvalue weighted by Crippen LogP contribution is 2.18. The largest absolute Gasteiger partial charge is 0.491 e. The summed E-state index contributed by atoms with van der Waals surface area (Å²) < 4.78 is 5.72. The van der Waals surface area contributed by atoms with Crippen LogP contribution >= 0.6 is 0 Å². The Morgan fingerprint density at radius 2 is 1.76 bits per heavy atom. The highest BCUT2D eigenvalue weighted by molar-refractivity contribution is 5.54. The molecule has 0 aliphatic rings. The summed E-state index contributed by atoms with van der Waals surface area (Å²) in [6.07, 6.45) is 0.201. The van der Waals surface area contributed by atoms with Crippen molar-refractivity contribution < 1.29 is 4.74 Å². The Morgan fingerprint density at radius 1 is 1.05 bits per heavy atom. The summed E-state index contributed by atoms with van der Waals surface area (Å²) in [5.74, 6) is 0.923. The average molecular weight is 284 g/mol. The molecular formula is C18H24N2O. The zero-order chi connectivity index (χ0) is 15.2. The van der Waals surface area contributed by atoms with Gasteiger partial charge in [0.05, 0.1) is 6.10 Å². The van der Waals surface area contributed by atoms with Crippen molar-refractivity contribution >= 4 is 11.4 Å². The molecular weight excluding hydrogens is 260 g/mol. The van der Waals surface area contributed by atoms with Gasteiger partial charge in [0, 0.05) is 32.0 Å². The van der Waals surface area contributed by atoms with Crippen molar-refractivity contribution in [3.63, 3.8) is 0 Å². The number of nitrogens with zero attached hydrogens (tertiary/aromatic N) is 1. The smallest absolute Gasteiger partial charge is 0.120 e. The van der Waals surface area contributed by atoms with E-state index in [0.29, 0.717) is 0 Å². The second-order valence-corrected chi connectivity index (χ2v) is 5.61.